The minimum atomic E-state index is -0.454. The number of benzene rings is 1. The molecule has 27 heavy (non-hydrogen) atoms. The van der Waals surface area contributed by atoms with Crippen LogP contribution in [-0.2, 0) is 0 Å². The van der Waals surface area contributed by atoms with Gasteiger partial charge < -0.3 is 14.6 Å². The van der Waals surface area contributed by atoms with Crippen molar-refractivity contribution < 1.29 is 13.9 Å². The maximum Gasteiger partial charge on any atom is 0.253 e. The van der Waals surface area contributed by atoms with E-state index < -0.39 is 5.82 Å². The summed E-state index contributed by atoms with van der Waals surface area (Å²) in [7, 11) is 1.42. The number of amides is 1. The molecule has 0 aliphatic heterocycles. The number of ether oxygens (including phenoxy) is 1. The third-order valence-electron chi connectivity index (χ3n) is 4.58. The summed E-state index contributed by atoms with van der Waals surface area (Å²) in [6.45, 7) is 5.63. The highest BCUT2D eigenvalue weighted by atomic mass is 19.1. The summed E-state index contributed by atoms with van der Waals surface area (Å²) in [4.78, 5) is 17.1. The van der Waals surface area contributed by atoms with E-state index in [-0.39, 0.29) is 17.7 Å². The number of pyridine rings is 1. The molecule has 3 aromatic rings. The molecule has 140 valence electrons. The molecule has 0 unspecified atom stereocenters. The molecule has 0 saturated heterocycles. The van der Waals surface area contributed by atoms with E-state index >= 15 is 0 Å². The largest absolute Gasteiger partial charge is 0.494 e. The van der Waals surface area contributed by atoms with Crippen LogP contribution in [0, 0.1) is 19.7 Å². The van der Waals surface area contributed by atoms with Crippen LogP contribution in [0.3, 0.4) is 0 Å². The van der Waals surface area contributed by atoms with Gasteiger partial charge >= 0.3 is 0 Å². The molecule has 2 aromatic heterocycles. The molecule has 0 bridgehead atoms. The Labute approximate surface area is 157 Å². The Bertz CT molecular complexity index is 967. The number of aryl methyl sites for hydroxylation is 1. The van der Waals surface area contributed by atoms with Crippen LogP contribution < -0.4 is 10.1 Å². The highest BCUT2D eigenvalue weighted by molar-refractivity contribution is 5.96. The van der Waals surface area contributed by atoms with Gasteiger partial charge in [0.2, 0.25) is 0 Å². The quantitative estimate of drug-likeness (QED) is 0.738. The van der Waals surface area contributed by atoms with E-state index in [1.54, 1.807) is 18.3 Å². The van der Waals surface area contributed by atoms with Crippen LogP contribution in [0.1, 0.15) is 40.3 Å². The van der Waals surface area contributed by atoms with Crippen LogP contribution >= 0.6 is 0 Å². The van der Waals surface area contributed by atoms with Crippen LogP contribution in [0.25, 0.3) is 5.82 Å². The Morgan fingerprint density at radius 2 is 2.00 bits per heavy atom. The van der Waals surface area contributed by atoms with E-state index in [4.69, 9.17) is 4.74 Å². The van der Waals surface area contributed by atoms with Gasteiger partial charge in [0.15, 0.2) is 11.6 Å². The predicted octanol–water partition coefficient (Wildman–Crippen LogP) is 4.13. The lowest BCUT2D eigenvalue weighted by molar-refractivity contribution is 0.0939. The number of hydrogen-bond acceptors (Lipinski definition) is 3. The van der Waals surface area contributed by atoms with Crippen molar-refractivity contribution in [2.45, 2.75) is 26.8 Å². The van der Waals surface area contributed by atoms with Crippen molar-refractivity contribution in [3.63, 3.8) is 0 Å². The van der Waals surface area contributed by atoms with Crippen LogP contribution in [0.2, 0.25) is 0 Å². The second-order valence-electron chi connectivity index (χ2n) is 6.40. The number of hydrogen-bond donors (Lipinski definition) is 1. The average molecular weight is 367 g/mol. The van der Waals surface area contributed by atoms with E-state index in [0.717, 1.165) is 17.2 Å². The standard InChI is InChI=1S/C21H22FN3O2/c1-13-11-17(15(3)25(13)20-7-5-6-10-23-20)21(26)24-14(2)16-8-9-19(27-4)18(22)12-16/h5-12,14H,1-4H3,(H,24,26)/t14-/m1/s1. The molecule has 1 atom stereocenters. The van der Waals surface area contributed by atoms with Gasteiger partial charge in [-0.05, 0) is 56.7 Å². The lowest BCUT2D eigenvalue weighted by Crippen LogP contribution is -2.27. The van der Waals surface area contributed by atoms with Gasteiger partial charge in [0.1, 0.15) is 5.82 Å². The molecule has 1 aromatic carbocycles. The first-order valence-corrected chi connectivity index (χ1v) is 8.67. The summed E-state index contributed by atoms with van der Waals surface area (Å²) in [5.41, 5.74) is 2.95. The molecule has 0 aliphatic rings. The molecule has 2 heterocycles. The van der Waals surface area contributed by atoms with Crippen LogP contribution in [-0.4, -0.2) is 22.6 Å². The van der Waals surface area contributed by atoms with E-state index in [2.05, 4.69) is 10.3 Å². The van der Waals surface area contributed by atoms with Crippen molar-refractivity contribution in [3.8, 4) is 11.6 Å². The molecular weight excluding hydrogens is 345 g/mol. The highest BCUT2D eigenvalue weighted by Crippen LogP contribution is 2.23. The lowest BCUT2D eigenvalue weighted by Gasteiger charge is -2.15. The van der Waals surface area contributed by atoms with Gasteiger partial charge in [-0.25, -0.2) is 9.37 Å². The monoisotopic (exact) mass is 367 g/mol. The minimum absolute atomic E-state index is 0.177. The number of aromatic nitrogens is 2. The Morgan fingerprint density at radius 1 is 1.22 bits per heavy atom. The van der Waals surface area contributed by atoms with Crippen molar-refractivity contribution >= 4 is 5.91 Å². The average Bonchev–Trinajstić information content (AvgIpc) is 2.96. The lowest BCUT2D eigenvalue weighted by atomic mass is 10.1. The summed E-state index contributed by atoms with van der Waals surface area (Å²) in [5.74, 6) is 0.270. The van der Waals surface area contributed by atoms with Crippen LogP contribution in [0.4, 0.5) is 4.39 Å². The number of carbonyl (C=O) groups excluding carboxylic acids is 1. The van der Waals surface area contributed by atoms with Crippen molar-refractivity contribution in [2.24, 2.45) is 0 Å². The van der Waals surface area contributed by atoms with Gasteiger partial charge in [0.25, 0.3) is 5.91 Å². The molecule has 0 saturated carbocycles. The Morgan fingerprint density at radius 3 is 2.63 bits per heavy atom. The Hall–Kier alpha value is -3.15. The first kappa shape index (κ1) is 18.6. The molecule has 0 spiro atoms. The van der Waals surface area contributed by atoms with Crippen molar-refractivity contribution in [1.29, 1.82) is 0 Å². The van der Waals surface area contributed by atoms with Gasteiger partial charge in [-0.3, -0.25) is 4.79 Å². The molecule has 5 nitrogen and oxygen atoms in total. The number of methoxy groups -OCH3 is 1. The minimum Gasteiger partial charge on any atom is -0.494 e. The summed E-state index contributed by atoms with van der Waals surface area (Å²) in [6, 6.07) is 11.8. The van der Waals surface area contributed by atoms with Gasteiger partial charge in [-0.2, -0.15) is 0 Å². The first-order valence-electron chi connectivity index (χ1n) is 8.67. The number of nitrogens with zero attached hydrogens (tertiary/aromatic N) is 2. The fraction of sp³-hybridized carbons (Fsp3) is 0.238. The third-order valence-corrected chi connectivity index (χ3v) is 4.58. The topological polar surface area (TPSA) is 56.1 Å². The second-order valence-corrected chi connectivity index (χ2v) is 6.40. The molecule has 3 rings (SSSR count). The van der Waals surface area contributed by atoms with E-state index in [1.807, 2.05) is 49.6 Å². The normalized spacial score (nSPS) is 11.9. The van der Waals surface area contributed by atoms with E-state index in [0.29, 0.717) is 11.1 Å². The molecule has 1 N–H and O–H groups in total. The number of carbonyl (C=O) groups is 1. The molecule has 0 fully saturated rings. The molecule has 1 amide bonds. The summed E-state index contributed by atoms with van der Waals surface area (Å²) < 4.78 is 20.8. The van der Waals surface area contributed by atoms with Crippen LogP contribution in [0.15, 0.2) is 48.7 Å². The molecule has 6 heteroatoms. The Kier molecular flexibility index (Phi) is 5.26. The van der Waals surface area contributed by atoms with Crippen molar-refractivity contribution in [2.75, 3.05) is 7.11 Å². The van der Waals surface area contributed by atoms with E-state index in [9.17, 15) is 9.18 Å². The van der Waals surface area contributed by atoms with Gasteiger partial charge in [-0.1, -0.05) is 12.1 Å². The van der Waals surface area contributed by atoms with E-state index in [1.165, 1.54) is 13.2 Å². The Balaban J connectivity index is 1.83. The van der Waals surface area contributed by atoms with Gasteiger partial charge in [0.05, 0.1) is 18.7 Å². The summed E-state index contributed by atoms with van der Waals surface area (Å²) >= 11 is 0. The first-order chi connectivity index (χ1) is 12.9. The predicted molar refractivity (Wildman–Crippen MR) is 102 cm³/mol. The highest BCUT2D eigenvalue weighted by Gasteiger charge is 2.19. The van der Waals surface area contributed by atoms with Crippen LogP contribution in [0.5, 0.6) is 5.75 Å². The third kappa shape index (κ3) is 3.69. The fourth-order valence-corrected chi connectivity index (χ4v) is 3.14. The summed E-state index contributed by atoms with van der Waals surface area (Å²) in [5, 5.41) is 2.93. The maximum atomic E-state index is 13.9. The SMILES string of the molecule is COc1ccc([C@@H](C)NC(=O)c2cc(C)n(-c3ccccn3)c2C)cc1F. The second kappa shape index (κ2) is 7.61. The summed E-state index contributed by atoms with van der Waals surface area (Å²) in [6.07, 6.45) is 1.72. The zero-order chi connectivity index (χ0) is 19.6. The number of rotatable bonds is 5. The fourth-order valence-electron chi connectivity index (χ4n) is 3.14. The number of halogens is 1. The smallest absolute Gasteiger partial charge is 0.253 e. The number of nitrogens with one attached hydrogen (secondary N) is 1. The molecule has 0 radical (unpaired) electrons. The molecule has 0 aliphatic carbocycles. The van der Waals surface area contributed by atoms with Gasteiger partial charge in [0, 0.05) is 17.6 Å². The van der Waals surface area contributed by atoms with Crippen molar-refractivity contribution in [1.82, 2.24) is 14.9 Å². The molecular formula is C21H22FN3O2. The zero-order valence-corrected chi connectivity index (χ0v) is 15.8. The van der Waals surface area contributed by atoms with Crippen molar-refractivity contribution in [3.05, 3.63) is 77.0 Å². The maximum absolute atomic E-state index is 13.9. The zero-order valence-electron chi connectivity index (χ0n) is 15.8. The van der Waals surface area contributed by atoms with Gasteiger partial charge in [-0.15, -0.1) is 0 Å².